The lowest BCUT2D eigenvalue weighted by molar-refractivity contribution is -0.154. The Morgan fingerprint density at radius 3 is 2.24 bits per heavy atom. The van der Waals surface area contributed by atoms with Crippen molar-refractivity contribution in [2.75, 3.05) is 13.2 Å². The molecule has 2 atom stereocenters. The van der Waals surface area contributed by atoms with Crippen LogP contribution in [0.3, 0.4) is 0 Å². The fourth-order valence-electron chi connectivity index (χ4n) is 3.69. The van der Waals surface area contributed by atoms with E-state index in [1.807, 2.05) is 35.6 Å². The Balaban J connectivity index is 1.38. The van der Waals surface area contributed by atoms with Crippen molar-refractivity contribution in [1.82, 2.24) is 15.5 Å². The van der Waals surface area contributed by atoms with Gasteiger partial charge in [-0.25, -0.2) is 4.79 Å². The van der Waals surface area contributed by atoms with Gasteiger partial charge in [-0.1, -0.05) is 43.2 Å². The van der Waals surface area contributed by atoms with Gasteiger partial charge in [0.1, 0.15) is 6.54 Å². The summed E-state index contributed by atoms with van der Waals surface area (Å²) >= 11 is 0. The third-order valence-corrected chi connectivity index (χ3v) is 5.13. The molecule has 0 radical (unpaired) electrons. The Morgan fingerprint density at radius 2 is 1.62 bits per heavy atom. The maximum absolute atomic E-state index is 12.3. The van der Waals surface area contributed by atoms with E-state index >= 15 is 0 Å². The fourth-order valence-corrected chi connectivity index (χ4v) is 3.69. The van der Waals surface area contributed by atoms with Gasteiger partial charge in [0.15, 0.2) is 6.61 Å². The van der Waals surface area contributed by atoms with Gasteiger partial charge in [-0.15, -0.1) is 0 Å². The van der Waals surface area contributed by atoms with E-state index in [9.17, 15) is 24.0 Å². The summed E-state index contributed by atoms with van der Waals surface area (Å²) in [4.78, 5) is 61.0. The highest BCUT2D eigenvalue weighted by Gasteiger charge is 2.48. The summed E-state index contributed by atoms with van der Waals surface area (Å²) in [7, 11) is 0. The zero-order chi connectivity index (χ0) is 20.8. The number of amides is 5. The van der Waals surface area contributed by atoms with Gasteiger partial charge in [-0.05, 0) is 18.4 Å². The predicted octanol–water partition coefficient (Wildman–Crippen LogP) is 0.731. The topological polar surface area (TPSA) is 122 Å². The first kappa shape index (κ1) is 20.5. The molecule has 2 N–H and O–H groups in total. The summed E-state index contributed by atoms with van der Waals surface area (Å²) in [5.74, 6) is -3.06. The summed E-state index contributed by atoms with van der Waals surface area (Å²) in [6, 6.07) is 8.42. The molecule has 1 heterocycles. The maximum atomic E-state index is 12.3. The highest BCUT2D eigenvalue weighted by molar-refractivity contribution is 6.07. The zero-order valence-corrected chi connectivity index (χ0v) is 15.9. The summed E-state index contributed by atoms with van der Waals surface area (Å²) in [5, 5.41) is 4.55. The van der Waals surface area contributed by atoms with Crippen LogP contribution in [-0.2, 0) is 30.5 Å². The molecule has 29 heavy (non-hydrogen) atoms. The summed E-state index contributed by atoms with van der Waals surface area (Å²) in [5.41, 5.74) is 0.863. The zero-order valence-electron chi connectivity index (χ0n) is 15.9. The Hall–Kier alpha value is -3.23. The molecule has 3 rings (SSSR count). The van der Waals surface area contributed by atoms with E-state index in [1.165, 1.54) is 0 Å². The normalized spacial score (nSPS) is 20.8. The lowest BCUT2D eigenvalue weighted by Crippen LogP contribution is -2.42. The van der Waals surface area contributed by atoms with Crippen LogP contribution in [0.25, 0.3) is 0 Å². The number of esters is 1. The predicted molar refractivity (Wildman–Crippen MR) is 99.9 cm³/mol. The Bertz CT molecular complexity index is 786. The molecule has 1 aromatic carbocycles. The van der Waals surface area contributed by atoms with Gasteiger partial charge >= 0.3 is 12.0 Å². The van der Waals surface area contributed by atoms with Crippen LogP contribution in [0.5, 0.6) is 0 Å². The van der Waals surface area contributed by atoms with Crippen molar-refractivity contribution in [3.8, 4) is 0 Å². The second-order valence-corrected chi connectivity index (χ2v) is 7.14. The molecule has 5 amide bonds. The van der Waals surface area contributed by atoms with E-state index in [-0.39, 0.29) is 30.2 Å². The summed E-state index contributed by atoms with van der Waals surface area (Å²) in [6.07, 6.45) is 3.10. The molecule has 154 valence electrons. The molecule has 1 aromatic rings. The van der Waals surface area contributed by atoms with Crippen molar-refractivity contribution < 1.29 is 28.7 Å². The first-order valence-corrected chi connectivity index (χ1v) is 9.58. The molecule has 1 saturated heterocycles. The minimum Gasteiger partial charge on any atom is -0.454 e. The van der Waals surface area contributed by atoms with Gasteiger partial charge in [-0.3, -0.25) is 29.4 Å². The first-order valence-electron chi connectivity index (χ1n) is 9.58. The number of nitrogens with zero attached hydrogens (tertiary/aromatic N) is 1. The molecule has 2 fully saturated rings. The van der Waals surface area contributed by atoms with Crippen molar-refractivity contribution in [1.29, 1.82) is 0 Å². The summed E-state index contributed by atoms with van der Waals surface area (Å²) in [6.45, 7) is -0.958. The third kappa shape index (κ3) is 5.18. The van der Waals surface area contributed by atoms with Crippen LogP contribution >= 0.6 is 0 Å². The molecular weight excluding hydrogens is 378 g/mol. The van der Waals surface area contributed by atoms with Crippen LogP contribution < -0.4 is 10.6 Å². The number of hydrogen-bond acceptors (Lipinski definition) is 6. The molecule has 0 bridgehead atoms. The van der Waals surface area contributed by atoms with Gasteiger partial charge in [0.25, 0.3) is 5.91 Å². The molecule has 9 heteroatoms. The van der Waals surface area contributed by atoms with Crippen molar-refractivity contribution in [2.45, 2.75) is 32.2 Å². The first-order chi connectivity index (χ1) is 14.0. The number of ether oxygens (including phenoxy) is 1. The summed E-state index contributed by atoms with van der Waals surface area (Å²) < 4.78 is 4.80. The van der Waals surface area contributed by atoms with Crippen molar-refractivity contribution in [3.05, 3.63) is 35.9 Å². The lowest BCUT2D eigenvalue weighted by Gasteiger charge is -2.19. The molecule has 1 saturated carbocycles. The molecule has 9 nitrogen and oxygen atoms in total. The van der Waals surface area contributed by atoms with Crippen LogP contribution in [0.1, 0.15) is 31.2 Å². The fraction of sp³-hybridized carbons (Fsp3) is 0.450. The minimum absolute atomic E-state index is 0.237. The Morgan fingerprint density at radius 1 is 1.00 bits per heavy atom. The quantitative estimate of drug-likeness (QED) is 0.535. The molecule has 0 unspecified atom stereocenters. The number of rotatable bonds is 6. The number of imide groups is 2. The number of benzene rings is 1. The van der Waals surface area contributed by atoms with Crippen LogP contribution in [0, 0.1) is 11.8 Å². The average Bonchev–Trinajstić information content (AvgIpc) is 2.97. The highest BCUT2D eigenvalue weighted by atomic mass is 16.5. The van der Waals surface area contributed by atoms with Crippen molar-refractivity contribution >= 4 is 29.7 Å². The van der Waals surface area contributed by atoms with Crippen molar-refractivity contribution in [3.63, 3.8) is 0 Å². The van der Waals surface area contributed by atoms with Gasteiger partial charge in [0.05, 0.1) is 11.8 Å². The van der Waals surface area contributed by atoms with Crippen LogP contribution in [0.2, 0.25) is 0 Å². The largest absolute Gasteiger partial charge is 0.454 e. The smallest absolute Gasteiger partial charge is 0.326 e. The van der Waals surface area contributed by atoms with E-state index < -0.39 is 31.1 Å². The van der Waals surface area contributed by atoms with E-state index in [4.69, 9.17) is 4.74 Å². The van der Waals surface area contributed by atoms with Crippen molar-refractivity contribution in [2.24, 2.45) is 11.8 Å². The minimum atomic E-state index is -0.870. The van der Waals surface area contributed by atoms with E-state index in [2.05, 4.69) is 5.32 Å². The number of likely N-dealkylation sites (tertiary alicyclic amines) is 1. The number of fused-ring (bicyclic) bond motifs is 1. The van der Waals surface area contributed by atoms with Crippen LogP contribution in [0.4, 0.5) is 4.79 Å². The van der Waals surface area contributed by atoms with Gasteiger partial charge in [0.2, 0.25) is 11.8 Å². The van der Waals surface area contributed by atoms with Gasteiger partial charge in [0, 0.05) is 6.54 Å². The van der Waals surface area contributed by atoms with E-state index in [1.54, 1.807) is 0 Å². The standard InChI is InChI=1S/C20H23N3O6/c24-16(22-20(28)21-10-13-6-2-1-3-7-13)12-29-17(25)11-23-18(26)14-8-4-5-9-15(14)19(23)27/h1-3,6-7,14-15H,4-5,8-12H2,(H2,21,22,24,28)/t14-,15-/m0/s1. The molecule has 1 aliphatic heterocycles. The molecule has 2 aliphatic rings. The second-order valence-electron chi connectivity index (χ2n) is 7.14. The van der Waals surface area contributed by atoms with Crippen LogP contribution in [-0.4, -0.2) is 47.8 Å². The number of carbonyl (C=O) groups excluding carboxylic acids is 5. The number of urea groups is 1. The molecule has 1 aliphatic carbocycles. The number of carbonyl (C=O) groups is 5. The number of hydrogen-bond donors (Lipinski definition) is 2. The molecular formula is C20H23N3O6. The Kier molecular flexibility index (Phi) is 6.58. The molecule has 0 aromatic heterocycles. The highest BCUT2D eigenvalue weighted by Crippen LogP contribution is 2.37. The van der Waals surface area contributed by atoms with Gasteiger partial charge < -0.3 is 10.1 Å². The SMILES string of the molecule is O=C(COC(=O)CN1C(=O)[C@H]2CCCC[C@@H]2C1=O)NC(=O)NCc1ccccc1. The number of nitrogens with one attached hydrogen (secondary N) is 2. The van der Waals surface area contributed by atoms with E-state index in [0.717, 1.165) is 23.3 Å². The third-order valence-electron chi connectivity index (χ3n) is 5.13. The maximum Gasteiger partial charge on any atom is 0.326 e. The van der Waals surface area contributed by atoms with Gasteiger partial charge in [-0.2, -0.15) is 0 Å². The lowest BCUT2D eigenvalue weighted by atomic mass is 9.81. The Labute approximate surface area is 167 Å². The second kappa shape index (κ2) is 9.31. The monoisotopic (exact) mass is 401 g/mol. The van der Waals surface area contributed by atoms with E-state index in [0.29, 0.717) is 12.8 Å². The molecule has 0 spiro atoms. The average molecular weight is 401 g/mol. The van der Waals surface area contributed by atoms with Crippen LogP contribution in [0.15, 0.2) is 30.3 Å².